The molecular weight excluding hydrogens is 256 g/mol. The van der Waals surface area contributed by atoms with Crippen molar-refractivity contribution < 1.29 is 9.53 Å². The molecule has 0 aliphatic carbocycles. The van der Waals surface area contributed by atoms with Crippen LogP contribution in [0.2, 0.25) is 0 Å². The third-order valence-electron chi connectivity index (χ3n) is 2.75. The number of benzene rings is 2. The first-order valence-electron chi connectivity index (χ1n) is 6.13. The Morgan fingerprint density at radius 2 is 1.63 bits per heavy atom. The molecule has 3 heteroatoms. The monoisotopic (exact) mass is 272 g/mol. The van der Waals surface area contributed by atoms with E-state index < -0.39 is 0 Å². The van der Waals surface area contributed by atoms with Crippen molar-refractivity contribution in [1.29, 1.82) is 0 Å². The van der Waals surface area contributed by atoms with Crippen LogP contribution >= 0.6 is 11.8 Å². The number of hydrogen-bond acceptors (Lipinski definition) is 3. The first-order valence-corrected chi connectivity index (χ1v) is 7.01. The second kappa shape index (κ2) is 7.00. The number of rotatable bonds is 5. The lowest BCUT2D eigenvalue weighted by atomic mass is 10.1. The fourth-order valence-electron chi connectivity index (χ4n) is 1.80. The molecule has 0 aromatic heterocycles. The van der Waals surface area contributed by atoms with Gasteiger partial charge in [-0.15, -0.1) is 11.8 Å². The summed E-state index contributed by atoms with van der Waals surface area (Å²) in [5.41, 5.74) is 1.14. The normalized spacial score (nSPS) is 11.8. The molecule has 0 aliphatic heterocycles. The predicted molar refractivity (Wildman–Crippen MR) is 78.2 cm³/mol. The number of methoxy groups -OCH3 is 1. The molecule has 2 rings (SSSR count). The molecule has 0 radical (unpaired) electrons. The van der Waals surface area contributed by atoms with Crippen LogP contribution in [0.1, 0.15) is 5.56 Å². The Balaban J connectivity index is 2.10. The Bertz CT molecular complexity index is 469. The number of carbonyl (C=O) groups is 1. The van der Waals surface area contributed by atoms with Gasteiger partial charge in [0.05, 0.1) is 7.11 Å². The molecule has 0 spiro atoms. The molecule has 0 aliphatic rings. The van der Waals surface area contributed by atoms with E-state index in [1.165, 1.54) is 7.11 Å². The summed E-state index contributed by atoms with van der Waals surface area (Å²) in [5.74, 6) is -0.183. The minimum Gasteiger partial charge on any atom is -0.468 e. The van der Waals surface area contributed by atoms with Crippen LogP contribution in [0, 0.1) is 0 Å². The first-order chi connectivity index (χ1) is 9.29. The van der Waals surface area contributed by atoms with Crippen molar-refractivity contribution in [3.8, 4) is 0 Å². The lowest BCUT2D eigenvalue weighted by molar-refractivity contribution is -0.139. The zero-order chi connectivity index (χ0) is 13.5. The number of carbonyl (C=O) groups excluding carboxylic acids is 1. The van der Waals surface area contributed by atoms with Gasteiger partial charge in [0.15, 0.2) is 0 Å². The van der Waals surface area contributed by atoms with Crippen LogP contribution in [-0.2, 0) is 16.0 Å². The minimum atomic E-state index is -0.213. The quantitative estimate of drug-likeness (QED) is 0.615. The van der Waals surface area contributed by atoms with Gasteiger partial charge in [0.2, 0.25) is 0 Å². The maximum atomic E-state index is 11.9. The van der Waals surface area contributed by atoms with Gasteiger partial charge in [-0.25, -0.2) is 0 Å². The lowest BCUT2D eigenvalue weighted by Gasteiger charge is -2.14. The van der Waals surface area contributed by atoms with E-state index in [1.807, 2.05) is 60.7 Å². The summed E-state index contributed by atoms with van der Waals surface area (Å²) in [6, 6.07) is 19.9. The Kier molecular flexibility index (Phi) is 5.04. The smallest absolute Gasteiger partial charge is 0.319 e. The topological polar surface area (TPSA) is 26.3 Å². The Morgan fingerprint density at radius 1 is 1.05 bits per heavy atom. The van der Waals surface area contributed by atoms with Crippen LogP contribution in [0.15, 0.2) is 65.6 Å². The molecule has 0 fully saturated rings. The highest BCUT2D eigenvalue weighted by molar-refractivity contribution is 8.00. The Labute approximate surface area is 117 Å². The van der Waals surface area contributed by atoms with Gasteiger partial charge in [-0.2, -0.15) is 0 Å². The van der Waals surface area contributed by atoms with Gasteiger partial charge in [0, 0.05) is 4.90 Å². The number of ether oxygens (including phenoxy) is 1. The highest BCUT2D eigenvalue weighted by Crippen LogP contribution is 2.26. The molecule has 0 N–H and O–H groups in total. The van der Waals surface area contributed by atoms with E-state index in [-0.39, 0.29) is 11.2 Å². The van der Waals surface area contributed by atoms with Crippen molar-refractivity contribution in [2.24, 2.45) is 0 Å². The Morgan fingerprint density at radius 3 is 2.21 bits per heavy atom. The summed E-state index contributed by atoms with van der Waals surface area (Å²) in [4.78, 5) is 13.0. The van der Waals surface area contributed by atoms with Crippen molar-refractivity contribution in [2.75, 3.05) is 7.11 Å². The van der Waals surface area contributed by atoms with E-state index in [4.69, 9.17) is 4.74 Å². The fraction of sp³-hybridized carbons (Fsp3) is 0.188. The number of esters is 1. The minimum absolute atomic E-state index is 0.183. The van der Waals surface area contributed by atoms with E-state index in [1.54, 1.807) is 11.8 Å². The molecule has 2 aromatic carbocycles. The fourth-order valence-corrected chi connectivity index (χ4v) is 2.91. The van der Waals surface area contributed by atoms with Crippen LogP contribution in [0.4, 0.5) is 0 Å². The molecule has 0 amide bonds. The highest BCUT2D eigenvalue weighted by Gasteiger charge is 2.20. The third kappa shape index (κ3) is 4.14. The maximum absolute atomic E-state index is 11.9. The van der Waals surface area contributed by atoms with E-state index >= 15 is 0 Å². The van der Waals surface area contributed by atoms with Crippen LogP contribution < -0.4 is 0 Å². The molecule has 19 heavy (non-hydrogen) atoms. The first kappa shape index (κ1) is 13.7. The molecule has 0 bridgehead atoms. The van der Waals surface area contributed by atoms with Gasteiger partial charge in [-0.05, 0) is 24.1 Å². The van der Waals surface area contributed by atoms with Crippen molar-refractivity contribution in [2.45, 2.75) is 16.6 Å². The van der Waals surface area contributed by atoms with Crippen molar-refractivity contribution in [3.63, 3.8) is 0 Å². The zero-order valence-corrected chi connectivity index (χ0v) is 11.6. The van der Waals surface area contributed by atoms with Gasteiger partial charge in [-0.1, -0.05) is 48.5 Å². The Hall–Kier alpha value is -1.74. The lowest BCUT2D eigenvalue weighted by Crippen LogP contribution is -2.21. The van der Waals surface area contributed by atoms with Crippen LogP contribution in [0.25, 0.3) is 0 Å². The van der Waals surface area contributed by atoms with Gasteiger partial charge in [0.25, 0.3) is 0 Å². The van der Waals surface area contributed by atoms with Crippen LogP contribution in [-0.4, -0.2) is 18.3 Å². The summed E-state index contributed by atoms with van der Waals surface area (Å²) in [7, 11) is 1.44. The van der Waals surface area contributed by atoms with E-state index in [0.717, 1.165) is 10.5 Å². The van der Waals surface area contributed by atoms with Gasteiger partial charge < -0.3 is 4.74 Å². The summed E-state index contributed by atoms with van der Waals surface area (Å²) >= 11 is 1.54. The zero-order valence-electron chi connectivity index (χ0n) is 10.8. The summed E-state index contributed by atoms with van der Waals surface area (Å²) in [6.07, 6.45) is 0.674. The predicted octanol–water partition coefficient (Wildman–Crippen LogP) is 3.56. The van der Waals surface area contributed by atoms with Crippen LogP contribution in [0.5, 0.6) is 0 Å². The number of hydrogen-bond donors (Lipinski definition) is 0. The third-order valence-corrected chi connectivity index (χ3v) is 3.94. The van der Waals surface area contributed by atoms with Gasteiger partial charge in [0.1, 0.15) is 5.25 Å². The summed E-state index contributed by atoms with van der Waals surface area (Å²) in [5, 5.41) is -0.213. The maximum Gasteiger partial charge on any atom is 0.319 e. The molecule has 98 valence electrons. The van der Waals surface area contributed by atoms with Crippen molar-refractivity contribution >= 4 is 17.7 Å². The average molecular weight is 272 g/mol. The SMILES string of the molecule is COC(=O)C(Cc1ccccc1)Sc1ccccc1. The molecule has 1 unspecified atom stereocenters. The highest BCUT2D eigenvalue weighted by atomic mass is 32.2. The van der Waals surface area contributed by atoms with E-state index in [2.05, 4.69) is 0 Å². The summed E-state index contributed by atoms with van der Waals surface area (Å²) in [6.45, 7) is 0. The molecule has 0 saturated carbocycles. The molecule has 2 nitrogen and oxygen atoms in total. The van der Waals surface area contributed by atoms with E-state index in [0.29, 0.717) is 6.42 Å². The standard InChI is InChI=1S/C16H16O2S/c1-18-16(17)15(12-13-8-4-2-5-9-13)19-14-10-6-3-7-11-14/h2-11,15H,12H2,1H3. The average Bonchev–Trinajstić information content (AvgIpc) is 2.48. The van der Waals surface area contributed by atoms with Gasteiger partial charge in [-0.3, -0.25) is 4.79 Å². The van der Waals surface area contributed by atoms with Gasteiger partial charge >= 0.3 is 5.97 Å². The van der Waals surface area contributed by atoms with E-state index in [9.17, 15) is 4.79 Å². The van der Waals surface area contributed by atoms with Crippen molar-refractivity contribution in [1.82, 2.24) is 0 Å². The summed E-state index contributed by atoms with van der Waals surface area (Å²) < 4.78 is 4.90. The molecule has 0 saturated heterocycles. The second-order valence-corrected chi connectivity index (χ2v) is 5.41. The van der Waals surface area contributed by atoms with Crippen molar-refractivity contribution in [3.05, 3.63) is 66.2 Å². The number of thioether (sulfide) groups is 1. The molecule has 2 aromatic rings. The largest absolute Gasteiger partial charge is 0.468 e. The second-order valence-electron chi connectivity index (χ2n) is 4.13. The van der Waals surface area contributed by atoms with Crippen LogP contribution in [0.3, 0.4) is 0 Å². The molecular formula is C16H16O2S. The molecule has 0 heterocycles. The molecule has 1 atom stereocenters.